The third-order valence-electron chi connectivity index (χ3n) is 3.44. The van der Waals surface area contributed by atoms with Gasteiger partial charge >= 0.3 is 0 Å². The molecule has 4 heteroatoms. The fraction of sp³-hybridized carbons (Fsp3) is 1.00. The second kappa shape index (κ2) is 9.73. The van der Waals surface area contributed by atoms with Gasteiger partial charge in [0, 0.05) is 19.1 Å². The Labute approximate surface area is 112 Å². The van der Waals surface area contributed by atoms with Crippen LogP contribution in [0.2, 0.25) is 0 Å². The minimum Gasteiger partial charge on any atom is -0.394 e. The Morgan fingerprint density at radius 3 is 2.89 bits per heavy atom. The van der Waals surface area contributed by atoms with E-state index in [1.165, 1.54) is 25.8 Å². The van der Waals surface area contributed by atoms with Crippen molar-refractivity contribution in [1.82, 2.24) is 10.2 Å². The number of nitrogens with zero attached hydrogens (tertiary/aromatic N) is 1. The number of hydrogen-bond acceptors (Lipinski definition) is 4. The maximum atomic E-state index is 8.67. The molecule has 1 atom stereocenters. The van der Waals surface area contributed by atoms with E-state index in [9.17, 15) is 0 Å². The number of likely N-dealkylation sites (tertiary alicyclic amines) is 1. The fourth-order valence-corrected chi connectivity index (χ4v) is 2.47. The number of aliphatic hydroxyl groups excluding tert-OH is 1. The van der Waals surface area contributed by atoms with Gasteiger partial charge in [0.15, 0.2) is 0 Å². The molecule has 108 valence electrons. The number of piperidine rings is 1. The van der Waals surface area contributed by atoms with Gasteiger partial charge in [0.1, 0.15) is 0 Å². The molecule has 1 fully saturated rings. The van der Waals surface area contributed by atoms with Crippen LogP contribution in [-0.2, 0) is 4.74 Å². The maximum absolute atomic E-state index is 8.67. The molecule has 0 spiro atoms. The van der Waals surface area contributed by atoms with Gasteiger partial charge in [0.05, 0.1) is 19.8 Å². The smallest absolute Gasteiger partial charge is 0.0698 e. The summed E-state index contributed by atoms with van der Waals surface area (Å²) in [5.41, 5.74) is 0. The van der Waals surface area contributed by atoms with E-state index < -0.39 is 0 Å². The highest BCUT2D eigenvalue weighted by Gasteiger charge is 2.21. The highest BCUT2D eigenvalue weighted by Crippen LogP contribution is 2.16. The van der Waals surface area contributed by atoms with Crippen molar-refractivity contribution in [2.75, 3.05) is 46.0 Å². The van der Waals surface area contributed by atoms with Gasteiger partial charge in [-0.3, -0.25) is 4.90 Å². The van der Waals surface area contributed by atoms with Gasteiger partial charge in [-0.1, -0.05) is 20.3 Å². The van der Waals surface area contributed by atoms with E-state index in [1.807, 2.05) is 0 Å². The molecule has 2 N–H and O–H groups in total. The van der Waals surface area contributed by atoms with E-state index in [4.69, 9.17) is 9.84 Å². The molecule has 0 aliphatic carbocycles. The summed E-state index contributed by atoms with van der Waals surface area (Å²) in [6.45, 7) is 10.2. The minimum atomic E-state index is 0.124. The molecule has 18 heavy (non-hydrogen) atoms. The first-order valence-corrected chi connectivity index (χ1v) is 7.37. The highest BCUT2D eigenvalue weighted by molar-refractivity contribution is 4.78. The molecule has 0 aromatic carbocycles. The SMILES string of the molecule is CC(C)CNCC1CCCCN1CCOCCO. The Hall–Kier alpha value is -0.160. The van der Waals surface area contributed by atoms with Gasteiger partial charge in [0.2, 0.25) is 0 Å². The summed E-state index contributed by atoms with van der Waals surface area (Å²) in [6, 6.07) is 0.662. The molecule has 1 unspecified atom stereocenters. The molecule has 1 aliphatic heterocycles. The minimum absolute atomic E-state index is 0.124. The molecule has 0 aromatic heterocycles. The lowest BCUT2D eigenvalue weighted by molar-refractivity contribution is 0.0532. The van der Waals surface area contributed by atoms with Crippen LogP contribution in [0.25, 0.3) is 0 Å². The second-order valence-electron chi connectivity index (χ2n) is 5.57. The highest BCUT2D eigenvalue weighted by atomic mass is 16.5. The molecule has 1 saturated heterocycles. The van der Waals surface area contributed by atoms with Crippen LogP contribution in [0.4, 0.5) is 0 Å². The molecule has 1 aliphatic rings. The predicted octanol–water partition coefficient (Wildman–Crippen LogP) is 1.10. The van der Waals surface area contributed by atoms with Crippen LogP contribution in [0, 0.1) is 5.92 Å². The van der Waals surface area contributed by atoms with E-state index in [1.54, 1.807) is 0 Å². The average Bonchev–Trinajstić information content (AvgIpc) is 2.36. The molecule has 0 bridgehead atoms. The molecule has 4 nitrogen and oxygen atoms in total. The van der Waals surface area contributed by atoms with E-state index in [0.29, 0.717) is 12.6 Å². The van der Waals surface area contributed by atoms with Crippen LogP contribution >= 0.6 is 0 Å². The molecule has 0 saturated carbocycles. The Balaban J connectivity index is 2.19. The molecule has 1 heterocycles. The van der Waals surface area contributed by atoms with Crippen LogP contribution in [0.15, 0.2) is 0 Å². The number of hydrogen-bond donors (Lipinski definition) is 2. The van der Waals surface area contributed by atoms with Gasteiger partial charge in [-0.15, -0.1) is 0 Å². The van der Waals surface area contributed by atoms with Crippen molar-refractivity contribution in [1.29, 1.82) is 0 Å². The second-order valence-corrected chi connectivity index (χ2v) is 5.57. The van der Waals surface area contributed by atoms with Crippen LogP contribution in [0.3, 0.4) is 0 Å². The molecular formula is C14H30N2O2. The number of rotatable bonds is 9. The monoisotopic (exact) mass is 258 g/mol. The van der Waals surface area contributed by atoms with Gasteiger partial charge in [-0.2, -0.15) is 0 Å². The average molecular weight is 258 g/mol. The molecule has 1 rings (SSSR count). The van der Waals surface area contributed by atoms with Gasteiger partial charge in [0.25, 0.3) is 0 Å². The number of nitrogens with one attached hydrogen (secondary N) is 1. The van der Waals surface area contributed by atoms with Gasteiger partial charge in [-0.25, -0.2) is 0 Å². The maximum Gasteiger partial charge on any atom is 0.0698 e. The lowest BCUT2D eigenvalue weighted by Crippen LogP contribution is -2.47. The lowest BCUT2D eigenvalue weighted by Gasteiger charge is -2.36. The van der Waals surface area contributed by atoms with Crippen LogP contribution in [0.5, 0.6) is 0 Å². The topological polar surface area (TPSA) is 44.7 Å². The summed E-state index contributed by atoms with van der Waals surface area (Å²) in [5, 5.41) is 12.2. The van der Waals surface area contributed by atoms with E-state index in [0.717, 1.165) is 32.2 Å². The van der Waals surface area contributed by atoms with Crippen LogP contribution < -0.4 is 5.32 Å². The van der Waals surface area contributed by atoms with E-state index in [2.05, 4.69) is 24.1 Å². The summed E-state index contributed by atoms with van der Waals surface area (Å²) in [6.07, 6.45) is 3.95. The zero-order chi connectivity index (χ0) is 13.2. The van der Waals surface area contributed by atoms with Crippen LogP contribution in [-0.4, -0.2) is 62.0 Å². The largest absolute Gasteiger partial charge is 0.394 e. The molecule has 0 amide bonds. The van der Waals surface area contributed by atoms with Crippen molar-refractivity contribution in [3.63, 3.8) is 0 Å². The third kappa shape index (κ3) is 6.69. The zero-order valence-corrected chi connectivity index (χ0v) is 12.0. The van der Waals surface area contributed by atoms with E-state index in [-0.39, 0.29) is 6.61 Å². The summed E-state index contributed by atoms with van der Waals surface area (Å²) >= 11 is 0. The van der Waals surface area contributed by atoms with Crippen molar-refractivity contribution in [2.45, 2.75) is 39.2 Å². The Morgan fingerprint density at radius 2 is 2.17 bits per heavy atom. The summed E-state index contributed by atoms with van der Waals surface area (Å²) in [4.78, 5) is 2.54. The standard InChI is InChI=1S/C14H30N2O2/c1-13(2)11-15-12-14-5-3-4-6-16(14)7-9-18-10-8-17/h13-15,17H,3-12H2,1-2H3. The lowest BCUT2D eigenvalue weighted by atomic mass is 10.0. The first kappa shape index (κ1) is 15.9. The van der Waals surface area contributed by atoms with Crippen molar-refractivity contribution in [3.8, 4) is 0 Å². The number of aliphatic hydroxyl groups is 1. The first-order valence-electron chi connectivity index (χ1n) is 7.37. The summed E-state index contributed by atoms with van der Waals surface area (Å²) in [7, 11) is 0. The van der Waals surface area contributed by atoms with Crippen molar-refractivity contribution >= 4 is 0 Å². The first-order chi connectivity index (χ1) is 8.74. The van der Waals surface area contributed by atoms with Crippen molar-refractivity contribution < 1.29 is 9.84 Å². The normalized spacial score (nSPS) is 21.7. The van der Waals surface area contributed by atoms with E-state index >= 15 is 0 Å². The molecule has 0 radical (unpaired) electrons. The number of ether oxygens (including phenoxy) is 1. The predicted molar refractivity (Wildman–Crippen MR) is 74.8 cm³/mol. The molecular weight excluding hydrogens is 228 g/mol. The molecule has 0 aromatic rings. The Bertz CT molecular complexity index is 200. The van der Waals surface area contributed by atoms with Gasteiger partial charge < -0.3 is 15.2 Å². The van der Waals surface area contributed by atoms with Gasteiger partial charge in [-0.05, 0) is 31.8 Å². The van der Waals surface area contributed by atoms with Crippen LogP contribution in [0.1, 0.15) is 33.1 Å². The fourth-order valence-electron chi connectivity index (χ4n) is 2.47. The third-order valence-corrected chi connectivity index (χ3v) is 3.44. The van der Waals surface area contributed by atoms with Crippen molar-refractivity contribution in [2.24, 2.45) is 5.92 Å². The Kier molecular flexibility index (Phi) is 8.59. The summed E-state index contributed by atoms with van der Waals surface area (Å²) in [5.74, 6) is 0.718. The zero-order valence-electron chi connectivity index (χ0n) is 12.0. The summed E-state index contributed by atoms with van der Waals surface area (Å²) < 4.78 is 5.36. The van der Waals surface area contributed by atoms with Crippen molar-refractivity contribution in [3.05, 3.63) is 0 Å². The quantitative estimate of drug-likeness (QED) is 0.608. The Morgan fingerprint density at radius 1 is 1.33 bits per heavy atom.